The zero-order chi connectivity index (χ0) is 26.4. The molecule has 1 aliphatic carbocycles. The third kappa shape index (κ3) is 4.76. The number of hydrogen-bond acceptors (Lipinski definition) is 5. The number of imidazole rings is 1. The number of aromatic nitrogens is 5. The lowest BCUT2D eigenvalue weighted by Gasteiger charge is -2.14. The van der Waals surface area contributed by atoms with Gasteiger partial charge < -0.3 is 9.88 Å². The molecule has 37 heavy (non-hydrogen) atoms. The number of nitrogens with one attached hydrogen (secondary N) is 2. The van der Waals surface area contributed by atoms with E-state index in [0.29, 0.717) is 22.1 Å². The maximum absolute atomic E-state index is 12.9. The van der Waals surface area contributed by atoms with Crippen LogP contribution in [0.4, 0.5) is 17.6 Å². The largest absolute Gasteiger partial charge is 0.329 e. The molecule has 0 atom stereocenters. The molecule has 2 fully saturated rings. The van der Waals surface area contributed by atoms with Gasteiger partial charge in [0.05, 0.1) is 24.3 Å². The number of benzene rings is 1. The van der Waals surface area contributed by atoms with Crippen LogP contribution >= 0.6 is 0 Å². The Hall–Kier alpha value is -4.29. The van der Waals surface area contributed by atoms with Crippen LogP contribution in [-0.4, -0.2) is 60.3 Å². The van der Waals surface area contributed by atoms with E-state index in [-0.39, 0.29) is 5.56 Å². The minimum Gasteiger partial charge on any atom is -0.326 e. The lowest BCUT2D eigenvalue weighted by atomic mass is 10.1. The number of H-pyrrole nitrogens is 2. The van der Waals surface area contributed by atoms with E-state index in [1.54, 1.807) is 35.1 Å². The molecule has 1 aromatic carbocycles. The Kier molecular flexibility index (Phi) is 5.92. The average Bonchev–Trinajstić information content (AvgIpc) is 3.54. The van der Waals surface area contributed by atoms with Gasteiger partial charge in [0.25, 0.3) is 11.5 Å². The molecule has 6 rings (SSSR count). The molecule has 2 aliphatic rings. The molecule has 0 radical (unpaired) electrons. The molecule has 1 saturated heterocycles. The second-order valence-corrected chi connectivity index (χ2v) is 8.88. The van der Waals surface area contributed by atoms with Crippen LogP contribution in [-0.2, 0) is 0 Å². The van der Waals surface area contributed by atoms with Crippen molar-refractivity contribution in [1.29, 1.82) is 0 Å². The number of carbonyl (C=O) groups excluding carboxylic acids is 1. The smallest absolute Gasteiger partial charge is 0.326 e. The van der Waals surface area contributed by atoms with Crippen LogP contribution in [0.3, 0.4) is 0 Å². The molecule has 4 heterocycles. The highest BCUT2D eigenvalue weighted by molar-refractivity contribution is 5.94. The van der Waals surface area contributed by atoms with Crippen LogP contribution in [0, 0.1) is 0 Å². The third-order valence-corrected chi connectivity index (χ3v) is 6.12. The van der Waals surface area contributed by atoms with Crippen molar-refractivity contribution in [2.45, 2.75) is 30.6 Å². The van der Waals surface area contributed by atoms with Crippen molar-refractivity contribution >= 4 is 11.6 Å². The van der Waals surface area contributed by atoms with Crippen LogP contribution < -0.4 is 11.2 Å². The van der Waals surface area contributed by atoms with Crippen molar-refractivity contribution in [2.75, 3.05) is 13.1 Å². The molecule has 0 spiro atoms. The van der Waals surface area contributed by atoms with E-state index in [0.717, 1.165) is 24.1 Å². The van der Waals surface area contributed by atoms with Crippen LogP contribution in [0.2, 0.25) is 0 Å². The van der Waals surface area contributed by atoms with Gasteiger partial charge in [0.2, 0.25) is 0 Å². The summed E-state index contributed by atoms with van der Waals surface area (Å²) in [5.41, 5.74) is 1.98. The summed E-state index contributed by atoms with van der Waals surface area (Å²) in [5, 5.41) is 4.38. The molecule has 2 N–H and O–H groups in total. The normalized spacial score (nSPS) is 17.9. The van der Waals surface area contributed by atoms with Gasteiger partial charge in [-0.2, -0.15) is 22.7 Å². The molecule has 1 saturated carbocycles. The predicted molar refractivity (Wildman–Crippen MR) is 124 cm³/mol. The Bertz CT molecular complexity index is 1560. The summed E-state index contributed by atoms with van der Waals surface area (Å²) < 4.78 is 53.3. The van der Waals surface area contributed by atoms with Crippen molar-refractivity contribution in [3.63, 3.8) is 0 Å². The molecule has 0 bridgehead atoms. The number of alkyl halides is 4. The zero-order valence-electron chi connectivity index (χ0n) is 19.1. The van der Waals surface area contributed by atoms with Gasteiger partial charge >= 0.3 is 17.5 Å². The van der Waals surface area contributed by atoms with Crippen molar-refractivity contribution in [2.24, 2.45) is 0 Å². The summed E-state index contributed by atoms with van der Waals surface area (Å²) in [6.07, 6.45) is 7.10. The minimum absolute atomic E-state index is 0.126. The summed E-state index contributed by atoms with van der Waals surface area (Å²) in [4.78, 5) is 44.1. The zero-order valence-corrected chi connectivity index (χ0v) is 19.1. The van der Waals surface area contributed by atoms with Gasteiger partial charge in [0.15, 0.2) is 5.65 Å². The summed E-state index contributed by atoms with van der Waals surface area (Å²) >= 11 is 0. The van der Waals surface area contributed by atoms with Gasteiger partial charge in [-0.15, -0.1) is 0 Å². The molecule has 192 valence electrons. The summed E-state index contributed by atoms with van der Waals surface area (Å²) in [7, 11) is 0. The predicted octanol–water partition coefficient (Wildman–Crippen LogP) is 3.06. The second-order valence-electron chi connectivity index (χ2n) is 8.88. The molecule has 1 amide bonds. The molecular weight excluding hydrogens is 496 g/mol. The van der Waals surface area contributed by atoms with Gasteiger partial charge in [0, 0.05) is 29.7 Å². The minimum atomic E-state index is -4.16. The van der Waals surface area contributed by atoms with Gasteiger partial charge in [-0.25, -0.2) is 14.3 Å². The number of amides is 1. The van der Waals surface area contributed by atoms with Crippen LogP contribution in [0.5, 0.6) is 0 Å². The number of carbonyl (C=O) groups is 1. The van der Waals surface area contributed by atoms with Crippen molar-refractivity contribution in [3.05, 3.63) is 87.0 Å². The maximum Gasteiger partial charge on any atom is 0.329 e. The van der Waals surface area contributed by atoms with Gasteiger partial charge in [0.1, 0.15) is 0 Å². The van der Waals surface area contributed by atoms with Gasteiger partial charge in [-0.3, -0.25) is 14.6 Å². The lowest BCUT2D eigenvalue weighted by molar-refractivity contribution is -0.172. The molecule has 4 aromatic rings. The van der Waals surface area contributed by atoms with E-state index in [9.17, 15) is 31.9 Å². The van der Waals surface area contributed by atoms with E-state index in [1.807, 2.05) is 6.07 Å². The molecule has 9 nitrogen and oxygen atoms in total. The molecule has 0 unspecified atom stereocenters. The lowest BCUT2D eigenvalue weighted by Crippen LogP contribution is -2.38. The van der Waals surface area contributed by atoms with Crippen molar-refractivity contribution in [1.82, 2.24) is 29.5 Å². The Morgan fingerprint density at radius 3 is 2.32 bits per heavy atom. The first-order valence-electron chi connectivity index (χ1n) is 11.3. The number of fused-ring (bicyclic) bond motifs is 1. The van der Waals surface area contributed by atoms with Crippen molar-refractivity contribution in [3.8, 4) is 11.3 Å². The first-order chi connectivity index (χ1) is 17.6. The quantitative estimate of drug-likeness (QED) is 0.406. The van der Waals surface area contributed by atoms with Crippen LogP contribution in [0.25, 0.3) is 16.9 Å². The summed E-state index contributed by atoms with van der Waals surface area (Å²) in [6.45, 7) is -2.48. The topological polar surface area (TPSA) is 116 Å². The van der Waals surface area contributed by atoms with E-state index in [4.69, 9.17) is 0 Å². The fourth-order valence-electron chi connectivity index (χ4n) is 4.04. The Morgan fingerprint density at radius 2 is 1.70 bits per heavy atom. The maximum atomic E-state index is 12.9. The molecule has 13 heteroatoms. The highest BCUT2D eigenvalue weighted by Crippen LogP contribution is 2.42. The Balaban J connectivity index is 0.000000154. The molecule has 1 aliphatic heterocycles. The third-order valence-electron chi connectivity index (χ3n) is 6.12. The number of halogens is 4. The summed E-state index contributed by atoms with van der Waals surface area (Å²) in [6, 6.07) is 9.42. The standard InChI is InChI=1S/C13H11N5O2.C11H9F4NO/c19-12-9(6-15-13(20)16-12)10-5-8(7-1-2-7)11-14-3-4-18(11)17-10;12-10(13)6-16(7-11(10,14)15)9(17)8-4-2-1-3-5-8/h3-7H,1-2H2,(H2,15,16,19,20);1-5H,6-7H2. The fourth-order valence-corrected chi connectivity index (χ4v) is 4.04. The number of aromatic amines is 2. The first kappa shape index (κ1) is 24.4. The fraction of sp³-hybridized carbons (Fsp3) is 0.292. The van der Waals surface area contributed by atoms with Gasteiger partial charge in [-0.1, -0.05) is 18.2 Å². The number of rotatable bonds is 3. The van der Waals surface area contributed by atoms with Crippen LogP contribution in [0.1, 0.15) is 34.7 Å². The number of hydrogen-bond donors (Lipinski definition) is 2. The average molecular weight is 516 g/mol. The van der Waals surface area contributed by atoms with E-state index >= 15 is 0 Å². The highest BCUT2D eigenvalue weighted by atomic mass is 19.3. The van der Waals surface area contributed by atoms with Gasteiger partial charge in [-0.05, 0) is 37.0 Å². The highest BCUT2D eigenvalue weighted by Gasteiger charge is 2.63. The SMILES string of the molecule is O=C(c1ccccc1)N1CC(F)(F)C(F)(F)C1.O=c1[nH]cc(-c2cc(C3CC3)c3nccn3n2)c(=O)[nH]1. The number of nitrogens with zero attached hydrogens (tertiary/aromatic N) is 4. The van der Waals surface area contributed by atoms with Crippen LogP contribution in [0.15, 0.2) is 64.6 Å². The molecule has 3 aromatic heterocycles. The Labute approximate surface area is 205 Å². The first-order valence-corrected chi connectivity index (χ1v) is 11.3. The monoisotopic (exact) mass is 516 g/mol. The molecular formula is C24H20F4N6O3. The van der Waals surface area contributed by atoms with E-state index < -0.39 is 42.1 Å². The Morgan fingerprint density at radius 1 is 1.03 bits per heavy atom. The second kappa shape index (κ2) is 8.98. The van der Waals surface area contributed by atoms with E-state index in [1.165, 1.54) is 18.3 Å². The van der Waals surface area contributed by atoms with Crippen molar-refractivity contribution < 1.29 is 22.4 Å². The van der Waals surface area contributed by atoms with E-state index in [2.05, 4.69) is 20.1 Å². The summed E-state index contributed by atoms with van der Waals surface area (Å²) in [5.74, 6) is -8.62. The number of likely N-dealkylation sites (tertiary alicyclic amines) is 1.